The molecule has 1 aromatic carbocycles. The van der Waals surface area contributed by atoms with E-state index in [9.17, 15) is 9.59 Å². The minimum absolute atomic E-state index is 0.138. The van der Waals surface area contributed by atoms with Crippen molar-refractivity contribution in [1.82, 2.24) is 5.32 Å². The molecule has 0 radical (unpaired) electrons. The molecular weight excluding hydrogens is 256 g/mol. The Labute approximate surface area is 119 Å². The highest BCUT2D eigenvalue weighted by Crippen LogP contribution is 2.08. The summed E-state index contributed by atoms with van der Waals surface area (Å²) in [6.07, 6.45) is 0.527. The molecule has 110 valence electrons. The molecule has 1 rings (SSSR count). The second-order valence-electron chi connectivity index (χ2n) is 5.05. The average molecular weight is 278 g/mol. The first-order valence-electron chi connectivity index (χ1n) is 6.73. The van der Waals surface area contributed by atoms with Crippen LogP contribution in [0, 0.1) is 5.92 Å². The van der Waals surface area contributed by atoms with E-state index in [1.807, 2.05) is 44.2 Å². The molecule has 0 bridgehead atoms. The van der Waals surface area contributed by atoms with Crippen molar-refractivity contribution in [3.63, 3.8) is 0 Å². The van der Waals surface area contributed by atoms with E-state index in [1.54, 1.807) is 0 Å². The molecule has 0 aromatic heterocycles. The number of amides is 1. The standard InChI is InChI=1S/C15H22N2O3/c1-11(2)8-13(17-14(18)9-16)15(19)20-10-12-6-4-3-5-7-12/h3-7,11,13H,8-10,16H2,1-2H3,(H,17,18)/t13-/m0/s1. The molecule has 0 aliphatic heterocycles. The highest BCUT2D eigenvalue weighted by atomic mass is 16.5. The van der Waals surface area contributed by atoms with Crippen LogP contribution >= 0.6 is 0 Å². The average Bonchev–Trinajstić information content (AvgIpc) is 2.44. The summed E-state index contributed by atoms with van der Waals surface area (Å²) >= 11 is 0. The van der Waals surface area contributed by atoms with Gasteiger partial charge in [0.25, 0.3) is 0 Å². The van der Waals surface area contributed by atoms with Crippen molar-refractivity contribution in [2.45, 2.75) is 32.9 Å². The third-order valence-electron chi connectivity index (χ3n) is 2.74. The van der Waals surface area contributed by atoms with Gasteiger partial charge in [0, 0.05) is 0 Å². The monoisotopic (exact) mass is 278 g/mol. The Morgan fingerprint density at radius 1 is 1.25 bits per heavy atom. The van der Waals surface area contributed by atoms with Crippen LogP contribution in [0.4, 0.5) is 0 Å². The second kappa shape index (κ2) is 8.32. The summed E-state index contributed by atoms with van der Waals surface area (Å²) < 4.78 is 5.24. The normalized spacial score (nSPS) is 12.0. The number of nitrogens with two attached hydrogens (primary N) is 1. The third kappa shape index (κ3) is 5.84. The van der Waals surface area contributed by atoms with Gasteiger partial charge in [-0.15, -0.1) is 0 Å². The van der Waals surface area contributed by atoms with Crippen LogP contribution in [-0.4, -0.2) is 24.5 Å². The van der Waals surface area contributed by atoms with Gasteiger partial charge in [0.15, 0.2) is 0 Å². The number of carbonyl (C=O) groups is 2. The maximum absolute atomic E-state index is 12.0. The van der Waals surface area contributed by atoms with Crippen LogP contribution in [0.5, 0.6) is 0 Å². The van der Waals surface area contributed by atoms with Crippen molar-refractivity contribution in [3.05, 3.63) is 35.9 Å². The van der Waals surface area contributed by atoms with Crippen LogP contribution in [-0.2, 0) is 20.9 Å². The second-order valence-corrected chi connectivity index (χ2v) is 5.05. The number of esters is 1. The zero-order valence-electron chi connectivity index (χ0n) is 12.0. The van der Waals surface area contributed by atoms with Gasteiger partial charge in [0.1, 0.15) is 12.6 Å². The van der Waals surface area contributed by atoms with Gasteiger partial charge in [-0.1, -0.05) is 44.2 Å². The van der Waals surface area contributed by atoms with E-state index >= 15 is 0 Å². The Balaban J connectivity index is 2.56. The summed E-state index contributed by atoms with van der Waals surface area (Å²) in [5.41, 5.74) is 6.16. The molecule has 1 amide bonds. The highest BCUT2D eigenvalue weighted by Gasteiger charge is 2.22. The van der Waals surface area contributed by atoms with Gasteiger partial charge in [0.05, 0.1) is 6.54 Å². The van der Waals surface area contributed by atoms with Crippen molar-refractivity contribution in [3.8, 4) is 0 Å². The van der Waals surface area contributed by atoms with Crippen LogP contribution in [0.25, 0.3) is 0 Å². The van der Waals surface area contributed by atoms with Crippen LogP contribution < -0.4 is 11.1 Å². The summed E-state index contributed by atoms with van der Waals surface area (Å²) in [5.74, 6) is -0.515. The van der Waals surface area contributed by atoms with Crippen LogP contribution in [0.3, 0.4) is 0 Å². The molecule has 0 saturated heterocycles. The van der Waals surface area contributed by atoms with E-state index in [-0.39, 0.29) is 25.0 Å². The lowest BCUT2D eigenvalue weighted by Gasteiger charge is -2.19. The third-order valence-corrected chi connectivity index (χ3v) is 2.74. The first-order chi connectivity index (χ1) is 9.52. The maximum atomic E-state index is 12.0. The zero-order valence-corrected chi connectivity index (χ0v) is 12.0. The smallest absolute Gasteiger partial charge is 0.328 e. The van der Waals surface area contributed by atoms with Crippen molar-refractivity contribution >= 4 is 11.9 Å². The van der Waals surface area contributed by atoms with Gasteiger partial charge in [-0.25, -0.2) is 4.79 Å². The molecular formula is C15H22N2O3. The fraction of sp³-hybridized carbons (Fsp3) is 0.467. The molecule has 0 unspecified atom stereocenters. The molecule has 0 aliphatic rings. The lowest BCUT2D eigenvalue weighted by atomic mass is 10.0. The van der Waals surface area contributed by atoms with Crippen molar-refractivity contribution in [2.24, 2.45) is 11.7 Å². The van der Waals surface area contributed by atoms with Crippen molar-refractivity contribution in [2.75, 3.05) is 6.54 Å². The quantitative estimate of drug-likeness (QED) is 0.735. The first-order valence-corrected chi connectivity index (χ1v) is 6.73. The highest BCUT2D eigenvalue weighted by molar-refractivity contribution is 5.85. The minimum Gasteiger partial charge on any atom is -0.459 e. The van der Waals surface area contributed by atoms with Crippen LogP contribution in [0.2, 0.25) is 0 Å². The molecule has 3 N–H and O–H groups in total. The number of rotatable bonds is 7. The van der Waals surface area contributed by atoms with E-state index in [2.05, 4.69) is 5.32 Å². The number of carbonyl (C=O) groups excluding carboxylic acids is 2. The Kier molecular flexibility index (Phi) is 6.73. The molecule has 5 heteroatoms. The molecule has 5 nitrogen and oxygen atoms in total. The lowest BCUT2D eigenvalue weighted by molar-refractivity contribution is -0.149. The van der Waals surface area contributed by atoms with E-state index in [0.717, 1.165) is 5.56 Å². The predicted octanol–water partition coefficient (Wildman–Crippen LogP) is 1.22. The molecule has 20 heavy (non-hydrogen) atoms. The number of hydrogen-bond acceptors (Lipinski definition) is 4. The van der Waals surface area contributed by atoms with Gasteiger partial charge >= 0.3 is 5.97 Å². The van der Waals surface area contributed by atoms with Crippen molar-refractivity contribution < 1.29 is 14.3 Å². The number of nitrogens with one attached hydrogen (secondary N) is 1. The summed E-state index contributed by atoms with van der Waals surface area (Å²) in [4.78, 5) is 23.4. The van der Waals surface area contributed by atoms with E-state index in [0.29, 0.717) is 6.42 Å². The topological polar surface area (TPSA) is 81.4 Å². The number of benzene rings is 1. The van der Waals surface area contributed by atoms with E-state index < -0.39 is 12.0 Å². The summed E-state index contributed by atoms with van der Waals surface area (Å²) in [7, 11) is 0. The number of hydrogen-bond donors (Lipinski definition) is 2. The van der Waals surface area contributed by atoms with Crippen LogP contribution in [0.1, 0.15) is 25.8 Å². The van der Waals surface area contributed by atoms with Gasteiger partial charge in [-0.05, 0) is 17.9 Å². The maximum Gasteiger partial charge on any atom is 0.328 e. The summed E-state index contributed by atoms with van der Waals surface area (Å²) in [6, 6.07) is 8.77. The molecule has 0 saturated carbocycles. The lowest BCUT2D eigenvalue weighted by Crippen LogP contribution is -2.45. The molecule has 0 aliphatic carbocycles. The van der Waals surface area contributed by atoms with Gasteiger partial charge in [-0.2, -0.15) is 0 Å². The Morgan fingerprint density at radius 3 is 2.45 bits per heavy atom. The zero-order chi connectivity index (χ0) is 15.0. The molecule has 1 atom stereocenters. The van der Waals surface area contributed by atoms with E-state index in [4.69, 9.17) is 10.5 Å². The molecule has 1 aromatic rings. The minimum atomic E-state index is -0.644. The SMILES string of the molecule is CC(C)C[C@H](NC(=O)CN)C(=O)OCc1ccccc1. The fourth-order valence-electron chi connectivity index (χ4n) is 1.77. The van der Waals surface area contributed by atoms with Gasteiger partial charge in [0.2, 0.25) is 5.91 Å². The largest absolute Gasteiger partial charge is 0.459 e. The fourth-order valence-corrected chi connectivity index (χ4v) is 1.77. The Morgan fingerprint density at radius 2 is 1.90 bits per heavy atom. The van der Waals surface area contributed by atoms with E-state index in [1.165, 1.54) is 0 Å². The summed E-state index contributed by atoms with van der Waals surface area (Å²) in [5, 5.41) is 2.60. The number of ether oxygens (including phenoxy) is 1. The summed E-state index contributed by atoms with van der Waals surface area (Å²) in [6.45, 7) is 4.02. The molecule has 0 heterocycles. The Bertz CT molecular complexity index is 432. The van der Waals surface area contributed by atoms with Crippen LogP contribution in [0.15, 0.2) is 30.3 Å². The Hall–Kier alpha value is -1.88. The van der Waals surface area contributed by atoms with Crippen molar-refractivity contribution in [1.29, 1.82) is 0 Å². The van der Waals surface area contributed by atoms with Gasteiger partial charge < -0.3 is 15.8 Å². The molecule has 0 fully saturated rings. The molecule has 0 spiro atoms. The van der Waals surface area contributed by atoms with Gasteiger partial charge in [-0.3, -0.25) is 4.79 Å². The predicted molar refractivity (Wildman–Crippen MR) is 76.7 cm³/mol. The first kappa shape index (κ1) is 16.2.